The Balaban J connectivity index is 1.30. The van der Waals surface area contributed by atoms with E-state index in [1.807, 2.05) is 36.5 Å². The highest BCUT2D eigenvalue weighted by Crippen LogP contribution is 2.51. The zero-order valence-electron chi connectivity index (χ0n) is 19.1. The second-order valence-corrected chi connectivity index (χ2v) is 13.0. The zero-order chi connectivity index (χ0) is 25.3. The van der Waals surface area contributed by atoms with E-state index >= 15 is 0 Å². The van der Waals surface area contributed by atoms with E-state index in [9.17, 15) is 21.6 Å². The Morgan fingerprint density at radius 2 is 1.83 bits per heavy atom. The molecule has 6 rings (SSSR count). The smallest absolute Gasteiger partial charge is 0.244 e. The molecule has 0 amide bonds. The molecule has 1 spiro atoms. The summed E-state index contributed by atoms with van der Waals surface area (Å²) in [5, 5.41) is 1.52. The molecule has 3 aromatic rings. The highest BCUT2D eigenvalue weighted by molar-refractivity contribution is 7.87. The van der Waals surface area contributed by atoms with Crippen LogP contribution in [0.25, 0.3) is 21.0 Å². The quantitative estimate of drug-likeness (QED) is 0.452. The van der Waals surface area contributed by atoms with E-state index in [-0.39, 0.29) is 18.4 Å². The summed E-state index contributed by atoms with van der Waals surface area (Å²) < 4.78 is 68.0. The molecule has 2 fully saturated rings. The van der Waals surface area contributed by atoms with Crippen molar-refractivity contribution in [2.75, 3.05) is 13.1 Å². The maximum Gasteiger partial charge on any atom is 0.402 e. The van der Waals surface area contributed by atoms with Crippen LogP contribution in [-0.4, -0.2) is 42.5 Å². The van der Waals surface area contributed by atoms with Crippen LogP contribution in [-0.2, 0) is 23.1 Å². The van der Waals surface area contributed by atoms with E-state index < -0.39 is 28.5 Å². The monoisotopic (exact) mass is 553 g/mol. The van der Waals surface area contributed by atoms with Gasteiger partial charge in [0.25, 0.3) is 10.2 Å². The van der Waals surface area contributed by atoms with Crippen molar-refractivity contribution in [2.45, 2.75) is 37.4 Å². The van der Waals surface area contributed by atoms with Gasteiger partial charge in [0.05, 0.1) is 10.4 Å². The van der Waals surface area contributed by atoms with Crippen molar-refractivity contribution >= 4 is 33.1 Å². The zero-order valence-corrected chi connectivity index (χ0v) is 21.4. The van der Waals surface area contributed by atoms with Gasteiger partial charge in [-0.25, -0.2) is 4.98 Å². The minimum absolute atomic E-state index is 0.0469. The van der Waals surface area contributed by atoms with Gasteiger partial charge in [0.2, 0.25) is 0 Å². The van der Waals surface area contributed by atoms with Crippen LogP contribution < -0.4 is 4.72 Å². The predicted molar refractivity (Wildman–Crippen MR) is 134 cm³/mol. The third-order valence-corrected chi connectivity index (χ3v) is 10.8. The van der Waals surface area contributed by atoms with Crippen LogP contribution in [0.4, 0.5) is 13.2 Å². The average Bonchev–Trinajstić information content (AvgIpc) is 3.43. The van der Waals surface area contributed by atoms with Crippen LogP contribution in [0, 0.1) is 11.8 Å². The number of hydrogen-bond donors (Lipinski definition) is 1. The summed E-state index contributed by atoms with van der Waals surface area (Å²) in [4.78, 5) is 5.58. The SMILES string of the molecule is O=S1(=O)NC2(CN1CC(F)(F)F)C1CCC2Cc2cc(-c3ncc(-c4ccccc4Cl)s3)ccc2C1. The molecule has 11 heteroatoms. The highest BCUT2D eigenvalue weighted by atomic mass is 35.5. The number of nitrogens with one attached hydrogen (secondary N) is 1. The number of halogens is 4. The van der Waals surface area contributed by atoms with Crippen molar-refractivity contribution in [1.29, 1.82) is 0 Å². The maximum absolute atomic E-state index is 13.1. The molecule has 2 aliphatic carbocycles. The lowest BCUT2D eigenvalue weighted by Crippen LogP contribution is -2.52. The van der Waals surface area contributed by atoms with Crippen molar-refractivity contribution in [3.05, 3.63) is 64.8 Å². The molecule has 1 saturated carbocycles. The molecule has 2 aromatic carbocycles. The van der Waals surface area contributed by atoms with Crippen molar-refractivity contribution in [1.82, 2.24) is 14.0 Å². The molecule has 3 unspecified atom stereocenters. The lowest BCUT2D eigenvalue weighted by Gasteiger charge is -2.33. The fourth-order valence-electron chi connectivity index (χ4n) is 6.17. The van der Waals surface area contributed by atoms with E-state index in [1.54, 1.807) is 11.3 Å². The van der Waals surface area contributed by atoms with Crippen LogP contribution in [0.15, 0.2) is 48.7 Å². The third-order valence-electron chi connectivity index (χ3n) is 7.80. The number of alkyl halides is 3. The van der Waals surface area contributed by atoms with E-state index in [4.69, 9.17) is 11.6 Å². The number of benzene rings is 2. The number of thiazole rings is 1. The number of aromatic nitrogens is 1. The maximum atomic E-state index is 13.1. The molecule has 5 nitrogen and oxygen atoms in total. The molecule has 36 heavy (non-hydrogen) atoms. The van der Waals surface area contributed by atoms with Gasteiger partial charge in [-0.1, -0.05) is 41.9 Å². The Kier molecular flexibility index (Phi) is 5.77. The van der Waals surface area contributed by atoms with Gasteiger partial charge in [0.15, 0.2) is 0 Å². The number of nitrogens with zero attached hydrogens (tertiary/aromatic N) is 2. The molecule has 1 saturated heterocycles. The summed E-state index contributed by atoms with van der Waals surface area (Å²) >= 11 is 7.90. The topological polar surface area (TPSA) is 62.3 Å². The Bertz CT molecular complexity index is 1440. The summed E-state index contributed by atoms with van der Waals surface area (Å²) in [6.07, 6.45) is 0.0550. The summed E-state index contributed by atoms with van der Waals surface area (Å²) in [7, 11) is -4.19. The molecule has 190 valence electrons. The first-order valence-corrected chi connectivity index (χ1v) is 14.4. The number of hydrogen-bond acceptors (Lipinski definition) is 4. The Morgan fingerprint density at radius 3 is 2.56 bits per heavy atom. The first-order valence-electron chi connectivity index (χ1n) is 11.7. The first kappa shape index (κ1) is 24.4. The van der Waals surface area contributed by atoms with Gasteiger partial charge in [-0.05, 0) is 60.8 Å². The van der Waals surface area contributed by atoms with Gasteiger partial charge >= 0.3 is 6.18 Å². The molecule has 2 heterocycles. The van der Waals surface area contributed by atoms with E-state index in [0.29, 0.717) is 22.2 Å². The van der Waals surface area contributed by atoms with Gasteiger partial charge in [0, 0.05) is 28.9 Å². The minimum atomic E-state index is -4.58. The second-order valence-electron chi connectivity index (χ2n) is 9.90. The molecular weight excluding hydrogens is 531 g/mol. The molecule has 1 aromatic heterocycles. The van der Waals surface area contributed by atoms with Crippen LogP contribution in [0.5, 0.6) is 0 Å². The van der Waals surface area contributed by atoms with Crippen molar-refractivity contribution in [3.63, 3.8) is 0 Å². The lowest BCUT2D eigenvalue weighted by molar-refractivity contribution is -0.136. The predicted octanol–water partition coefficient (Wildman–Crippen LogP) is 5.71. The molecular formula is C25H23ClF3N3O2S2. The van der Waals surface area contributed by atoms with Gasteiger partial charge in [-0.2, -0.15) is 30.6 Å². The van der Waals surface area contributed by atoms with Crippen LogP contribution in [0.2, 0.25) is 5.02 Å². The summed E-state index contributed by atoms with van der Waals surface area (Å²) in [6, 6.07) is 13.8. The minimum Gasteiger partial charge on any atom is -0.244 e. The first-order chi connectivity index (χ1) is 17.0. The second kappa shape index (κ2) is 8.52. The lowest BCUT2D eigenvalue weighted by atomic mass is 9.79. The van der Waals surface area contributed by atoms with Crippen molar-refractivity contribution < 1.29 is 21.6 Å². The molecule has 3 aliphatic rings. The normalized spacial score (nSPS) is 27.3. The summed E-state index contributed by atoms with van der Waals surface area (Å²) in [5.74, 6) is -0.115. The standard InChI is InChI=1S/C25H23ClF3N3O2S2/c26-21-4-2-1-3-20(21)22-12-30-23(35-22)16-6-5-15-10-18-7-8-19(11-17(15)9-16)24(18)13-32(14-25(27,28)29)36(33,34)31-24/h1-6,9,12,18-19,31H,7-8,10-11,13-14H2. The van der Waals surface area contributed by atoms with E-state index in [0.717, 1.165) is 45.0 Å². The Hall–Kier alpha value is -1.98. The van der Waals surface area contributed by atoms with Crippen molar-refractivity contribution in [2.24, 2.45) is 11.8 Å². The number of fused-ring (bicyclic) bond motifs is 1. The number of rotatable bonds is 3. The molecule has 1 aliphatic heterocycles. The van der Waals surface area contributed by atoms with Gasteiger partial charge < -0.3 is 0 Å². The fourth-order valence-corrected chi connectivity index (χ4v) is 9.12. The fraction of sp³-hybridized carbons (Fsp3) is 0.400. The third kappa shape index (κ3) is 4.16. The molecule has 2 bridgehead atoms. The highest BCUT2D eigenvalue weighted by Gasteiger charge is 2.60. The van der Waals surface area contributed by atoms with E-state index in [1.165, 1.54) is 0 Å². The molecule has 0 radical (unpaired) electrons. The van der Waals surface area contributed by atoms with Crippen LogP contribution >= 0.6 is 22.9 Å². The average molecular weight is 554 g/mol. The Morgan fingerprint density at radius 1 is 1.11 bits per heavy atom. The van der Waals surface area contributed by atoms with Crippen molar-refractivity contribution in [3.8, 4) is 21.0 Å². The van der Waals surface area contributed by atoms with Gasteiger partial charge in [-0.3, -0.25) is 0 Å². The summed E-state index contributed by atoms with van der Waals surface area (Å²) in [6.45, 7) is -1.60. The molecule has 1 N–H and O–H groups in total. The van der Waals surface area contributed by atoms with Gasteiger partial charge in [-0.15, -0.1) is 11.3 Å². The van der Waals surface area contributed by atoms with Gasteiger partial charge in [0.1, 0.15) is 11.6 Å². The molecule has 3 atom stereocenters. The van der Waals surface area contributed by atoms with Crippen LogP contribution in [0.1, 0.15) is 24.0 Å². The van der Waals surface area contributed by atoms with Crippen LogP contribution in [0.3, 0.4) is 0 Å². The summed E-state index contributed by atoms with van der Waals surface area (Å²) in [5.41, 5.74) is 3.26. The largest absolute Gasteiger partial charge is 0.402 e. The van der Waals surface area contributed by atoms with E-state index in [2.05, 4.69) is 21.8 Å². The Labute approximate surface area is 216 Å².